The molecule has 1 amide bonds. The fourth-order valence-corrected chi connectivity index (χ4v) is 3.37. The third-order valence-corrected chi connectivity index (χ3v) is 5.04. The van der Waals surface area contributed by atoms with Crippen LogP contribution in [0.5, 0.6) is 0 Å². The first kappa shape index (κ1) is 20.1. The second kappa shape index (κ2) is 8.18. The topological polar surface area (TPSA) is 36.8 Å². The van der Waals surface area contributed by atoms with Crippen molar-refractivity contribution in [3.8, 4) is 0 Å². The third-order valence-electron chi connectivity index (χ3n) is 5.04. The molecule has 1 fully saturated rings. The molecule has 0 saturated carbocycles. The van der Waals surface area contributed by atoms with Crippen LogP contribution in [0.25, 0.3) is 0 Å². The Morgan fingerprint density at radius 3 is 2.43 bits per heavy atom. The van der Waals surface area contributed by atoms with Crippen LogP contribution in [0.4, 0.5) is 28.9 Å². The molecule has 0 spiro atoms. The Balaban J connectivity index is 1.58. The number of hydrogen-bond acceptors (Lipinski definition) is 2. The highest BCUT2D eigenvalue weighted by Crippen LogP contribution is 2.31. The maximum absolute atomic E-state index is 13.2. The van der Waals surface area contributed by atoms with E-state index in [9.17, 15) is 22.4 Å². The van der Waals surface area contributed by atoms with Gasteiger partial charge >= 0.3 is 6.18 Å². The van der Waals surface area contributed by atoms with Gasteiger partial charge in [-0.15, -0.1) is 0 Å². The van der Waals surface area contributed by atoms with Gasteiger partial charge in [0.1, 0.15) is 5.82 Å². The van der Waals surface area contributed by atoms with Gasteiger partial charge in [-0.05, 0) is 43.3 Å². The Bertz CT molecular complexity index is 832. The van der Waals surface area contributed by atoms with Crippen molar-refractivity contribution in [2.75, 3.05) is 36.4 Å². The lowest BCUT2D eigenvalue weighted by Gasteiger charge is -2.36. The fourth-order valence-electron chi connectivity index (χ4n) is 3.37. The predicted octanol–water partition coefficient (Wildman–Crippen LogP) is 2.58. The molecule has 1 heterocycles. The molecule has 0 aromatic heterocycles. The number of anilines is 2. The SMILES string of the molecule is C[C@@H](C(=O)Nc1cccc(F)c1)[NH+]1CCN(c2cccc(C(F)(F)F)c2)CC1. The lowest BCUT2D eigenvalue weighted by molar-refractivity contribution is -0.914. The van der Waals surface area contributed by atoms with Crippen molar-refractivity contribution in [2.24, 2.45) is 0 Å². The van der Waals surface area contributed by atoms with Crippen LogP contribution in [0.15, 0.2) is 48.5 Å². The molecule has 150 valence electrons. The van der Waals surface area contributed by atoms with Gasteiger partial charge in [-0.1, -0.05) is 12.1 Å². The summed E-state index contributed by atoms with van der Waals surface area (Å²) in [6.45, 7) is 4.13. The molecule has 28 heavy (non-hydrogen) atoms. The summed E-state index contributed by atoms with van der Waals surface area (Å²) in [5.41, 5.74) is 0.271. The molecule has 0 unspecified atom stereocenters. The highest BCUT2D eigenvalue weighted by Gasteiger charge is 2.32. The number of halogens is 4. The summed E-state index contributed by atoms with van der Waals surface area (Å²) >= 11 is 0. The third kappa shape index (κ3) is 4.81. The second-order valence-corrected chi connectivity index (χ2v) is 6.91. The van der Waals surface area contributed by atoms with Gasteiger partial charge in [0.25, 0.3) is 5.91 Å². The molecule has 1 saturated heterocycles. The standard InChI is InChI=1S/C20H21F4N3O/c1-14(19(28)25-17-6-3-5-16(21)13-17)26-8-10-27(11-9-26)18-7-2-4-15(12-18)20(22,23)24/h2-7,12-14H,8-11H2,1H3,(H,25,28)/p+1/t14-/m0/s1. The number of nitrogens with zero attached hydrogens (tertiary/aromatic N) is 1. The zero-order valence-electron chi connectivity index (χ0n) is 15.4. The minimum atomic E-state index is -4.37. The van der Waals surface area contributed by atoms with Crippen LogP contribution >= 0.6 is 0 Å². The van der Waals surface area contributed by atoms with E-state index >= 15 is 0 Å². The largest absolute Gasteiger partial charge is 0.416 e. The van der Waals surface area contributed by atoms with Crippen LogP contribution < -0.4 is 15.1 Å². The monoisotopic (exact) mass is 396 g/mol. The molecular weight excluding hydrogens is 374 g/mol. The van der Waals surface area contributed by atoms with Crippen molar-refractivity contribution < 1.29 is 27.3 Å². The van der Waals surface area contributed by atoms with Crippen LogP contribution in [0.2, 0.25) is 0 Å². The van der Waals surface area contributed by atoms with E-state index in [0.29, 0.717) is 37.6 Å². The van der Waals surface area contributed by atoms with Crippen molar-refractivity contribution in [2.45, 2.75) is 19.1 Å². The molecule has 2 N–H and O–H groups in total. The number of piperazine rings is 1. The number of rotatable bonds is 4. The summed E-state index contributed by atoms with van der Waals surface area (Å²) in [5, 5.41) is 2.71. The van der Waals surface area contributed by atoms with Crippen LogP contribution in [-0.2, 0) is 11.0 Å². The van der Waals surface area contributed by atoms with Crippen LogP contribution in [-0.4, -0.2) is 38.1 Å². The molecule has 3 rings (SSSR count). The highest BCUT2D eigenvalue weighted by atomic mass is 19.4. The number of alkyl halides is 3. The zero-order chi connectivity index (χ0) is 20.3. The van der Waals surface area contributed by atoms with E-state index in [-0.39, 0.29) is 11.9 Å². The Kier molecular flexibility index (Phi) is 5.88. The summed E-state index contributed by atoms with van der Waals surface area (Å²) in [6, 6.07) is 10.6. The highest BCUT2D eigenvalue weighted by molar-refractivity contribution is 5.93. The first-order chi connectivity index (χ1) is 13.2. The van der Waals surface area contributed by atoms with E-state index < -0.39 is 17.6 Å². The average Bonchev–Trinajstić information content (AvgIpc) is 2.67. The molecule has 1 aliphatic heterocycles. The number of quaternary nitrogens is 1. The van der Waals surface area contributed by atoms with Crippen molar-refractivity contribution in [3.05, 3.63) is 59.9 Å². The van der Waals surface area contributed by atoms with Gasteiger partial charge in [0.2, 0.25) is 0 Å². The van der Waals surface area contributed by atoms with Crippen LogP contribution in [0.1, 0.15) is 12.5 Å². The van der Waals surface area contributed by atoms with E-state index in [1.807, 2.05) is 4.90 Å². The molecular formula is C20H22F4N3O+. The average molecular weight is 396 g/mol. The van der Waals surface area contributed by atoms with Gasteiger partial charge in [0.15, 0.2) is 6.04 Å². The Morgan fingerprint density at radius 2 is 1.79 bits per heavy atom. The van der Waals surface area contributed by atoms with E-state index in [4.69, 9.17) is 0 Å². The van der Waals surface area contributed by atoms with Gasteiger partial charge < -0.3 is 15.1 Å². The molecule has 2 aromatic rings. The van der Waals surface area contributed by atoms with Gasteiger partial charge in [-0.25, -0.2) is 4.39 Å². The normalized spacial score (nSPS) is 16.7. The smallest absolute Gasteiger partial charge is 0.360 e. The van der Waals surface area contributed by atoms with Crippen molar-refractivity contribution in [1.82, 2.24) is 0 Å². The Hall–Kier alpha value is -2.61. The quantitative estimate of drug-likeness (QED) is 0.780. The minimum absolute atomic E-state index is 0.215. The van der Waals surface area contributed by atoms with Crippen LogP contribution in [0.3, 0.4) is 0 Å². The Morgan fingerprint density at radius 1 is 1.11 bits per heavy atom. The summed E-state index contributed by atoms with van der Waals surface area (Å²) in [4.78, 5) is 15.4. The maximum atomic E-state index is 13.2. The number of carbonyl (C=O) groups is 1. The minimum Gasteiger partial charge on any atom is -0.360 e. The number of benzene rings is 2. The van der Waals surface area contributed by atoms with E-state index in [0.717, 1.165) is 17.0 Å². The van der Waals surface area contributed by atoms with Crippen LogP contribution in [0, 0.1) is 5.82 Å². The summed E-state index contributed by atoms with van der Waals surface area (Å²) in [5.74, 6) is -0.638. The van der Waals surface area contributed by atoms with E-state index in [2.05, 4.69) is 5.32 Å². The number of amides is 1. The number of nitrogens with one attached hydrogen (secondary N) is 2. The van der Waals surface area contributed by atoms with Crippen molar-refractivity contribution in [1.29, 1.82) is 0 Å². The van der Waals surface area contributed by atoms with Gasteiger partial charge in [0.05, 0.1) is 31.7 Å². The van der Waals surface area contributed by atoms with E-state index in [1.165, 1.54) is 24.3 Å². The fraction of sp³-hybridized carbons (Fsp3) is 0.350. The second-order valence-electron chi connectivity index (χ2n) is 6.91. The molecule has 4 nitrogen and oxygen atoms in total. The van der Waals surface area contributed by atoms with Gasteiger partial charge in [-0.2, -0.15) is 13.2 Å². The molecule has 1 atom stereocenters. The molecule has 1 aliphatic rings. The molecule has 0 aliphatic carbocycles. The number of hydrogen-bond donors (Lipinski definition) is 2. The molecule has 0 bridgehead atoms. The first-order valence-electron chi connectivity index (χ1n) is 9.07. The first-order valence-corrected chi connectivity index (χ1v) is 9.07. The maximum Gasteiger partial charge on any atom is 0.416 e. The van der Waals surface area contributed by atoms with E-state index in [1.54, 1.807) is 19.1 Å². The lowest BCUT2D eigenvalue weighted by Crippen LogP contribution is -3.19. The summed E-state index contributed by atoms with van der Waals surface area (Å²) in [7, 11) is 0. The summed E-state index contributed by atoms with van der Waals surface area (Å²) < 4.78 is 52.0. The predicted molar refractivity (Wildman–Crippen MR) is 98.8 cm³/mol. The molecule has 8 heteroatoms. The Labute approximate surface area is 160 Å². The van der Waals surface area contributed by atoms with Crippen molar-refractivity contribution in [3.63, 3.8) is 0 Å². The zero-order valence-corrected chi connectivity index (χ0v) is 15.4. The molecule has 2 aromatic carbocycles. The van der Waals surface area contributed by atoms with Gasteiger partial charge in [-0.3, -0.25) is 4.79 Å². The lowest BCUT2D eigenvalue weighted by atomic mass is 10.1. The molecule has 0 radical (unpaired) electrons. The van der Waals surface area contributed by atoms with Crippen molar-refractivity contribution >= 4 is 17.3 Å². The summed E-state index contributed by atoms with van der Waals surface area (Å²) in [6.07, 6.45) is -4.37. The van der Waals surface area contributed by atoms with Gasteiger partial charge in [0, 0.05) is 11.4 Å². The number of carbonyl (C=O) groups excluding carboxylic acids is 1.